The van der Waals surface area contributed by atoms with E-state index in [2.05, 4.69) is 93.7 Å². The molecule has 6 amide bonds. The highest BCUT2D eigenvalue weighted by Gasteiger charge is 2.50. The smallest absolute Gasteiger partial charge is 0.457 e. The van der Waals surface area contributed by atoms with E-state index in [9.17, 15) is 0 Å². The predicted molar refractivity (Wildman–Crippen MR) is 514 cm³/mol. The number of benzene rings is 13. The number of hydrogen-bond acceptors (Lipinski definition) is 16. The zero-order valence-corrected chi connectivity index (χ0v) is 79.6. The molecule has 20 nitrogen and oxygen atoms in total. The summed E-state index contributed by atoms with van der Waals surface area (Å²) in [4.78, 5) is 104. The minimum atomic E-state index is -3.10. The first-order valence-corrected chi connectivity index (χ1v) is 49.1. The first kappa shape index (κ1) is 90.2. The molecule has 17 rings (SSSR count). The number of nitrogens with zero attached hydrogens (tertiary/aromatic N) is 2. The molecule has 13 aromatic carbocycles. The second-order valence-electron chi connectivity index (χ2n) is 39.6. The third-order valence-electron chi connectivity index (χ3n) is 27.1. The van der Waals surface area contributed by atoms with Gasteiger partial charge in [-0.3, -0.25) is 38.6 Å². The lowest BCUT2D eigenvalue weighted by Crippen LogP contribution is -2.51. The van der Waals surface area contributed by atoms with Crippen molar-refractivity contribution < 1.29 is 74.3 Å². The van der Waals surface area contributed by atoms with E-state index in [1.807, 2.05) is 170 Å². The van der Waals surface area contributed by atoms with E-state index in [0.29, 0.717) is 71.9 Å². The number of nitrogens with one attached hydrogen (secondary N) is 2. The molecule has 2 aliphatic heterocycles. The first-order chi connectivity index (χ1) is 62.0. The van der Waals surface area contributed by atoms with Crippen LogP contribution in [0.15, 0.2) is 206 Å². The Kier molecular flexibility index (Phi) is 24.4. The first-order valence-electron chi connectivity index (χ1n) is 45.2. The van der Waals surface area contributed by atoms with Crippen LogP contribution in [-0.2, 0) is 57.8 Å². The molecule has 672 valence electrons. The van der Waals surface area contributed by atoms with E-state index >= 15 is 28.8 Å². The maximum atomic E-state index is 17.4. The minimum absolute atomic E-state index is 0.000442. The van der Waals surface area contributed by atoms with Crippen LogP contribution < -0.4 is 29.6 Å². The average molecular weight is 1780 g/mol. The maximum Gasteiger partial charge on any atom is 0.500 e. The number of carbonyl (C=O) groups excluding carboxylic acids is 6. The van der Waals surface area contributed by atoms with Crippen LogP contribution in [0.25, 0.3) is 64.6 Å². The minimum Gasteiger partial charge on any atom is -0.457 e. The fourth-order valence-corrected chi connectivity index (χ4v) is 24.2. The number of amides is 6. The molecule has 2 heterocycles. The Morgan fingerprint density at radius 3 is 0.846 bits per heavy atom. The number of carbonyl (C=O) groups is 6. The van der Waals surface area contributed by atoms with Crippen molar-refractivity contribution in [2.24, 2.45) is 11.8 Å². The lowest BCUT2D eigenvalue weighted by molar-refractivity contribution is -0.127. The molecule has 2 saturated carbocycles. The lowest BCUT2D eigenvalue weighted by atomic mass is 9.80. The van der Waals surface area contributed by atoms with Gasteiger partial charge in [0, 0.05) is 110 Å². The van der Waals surface area contributed by atoms with Gasteiger partial charge in [-0.1, -0.05) is 230 Å². The zero-order valence-electron chi connectivity index (χ0n) is 77.6. The van der Waals surface area contributed by atoms with E-state index < -0.39 is 77.2 Å². The van der Waals surface area contributed by atoms with Crippen molar-refractivity contribution in [2.75, 3.05) is 42.7 Å². The van der Waals surface area contributed by atoms with Crippen LogP contribution in [0.3, 0.4) is 0 Å². The van der Waals surface area contributed by atoms with Gasteiger partial charge in [0.25, 0.3) is 23.6 Å². The Hall–Kier alpha value is -11.7. The van der Waals surface area contributed by atoms with Gasteiger partial charge in [-0.15, -0.1) is 0 Å². The Morgan fingerprint density at radius 2 is 0.592 bits per heavy atom. The standard InChI is InChI=1S/C108H116N4O16Si2/c1-105(2,3)71-37-45-77(46-38-71)125-85-57-81-89-82(102(116)111(101(81)115)97(69-35-33-65-27-19-21-29-67(65)55-69)99(113)109-75-31-23-25-63(53-75)61-129(119-13,120-14)121-15)59-87(127-79-49-41-73(42-50-79)107(7,8)9)93-94-88(128-80-51-43-74(44-52-80)108(10,11)12)60-84-90-83(58-86(92(96(90)94)91(85)95(89)93)126-78-47-39-72(40-48-78)106(4,5)6)103(117)112(104(84)118)98(70-36-34-66-28-20-22-30-68(66)56-70)100(114)110-76-32-24-26-64(54-76)62-130(122-16,123-17)124-18/h19-22,27-30,33-52,55-60,63-64,75-76,97-98H,23-26,31-32,53-54,61-62H2,1-18H3,(H,109,113)(H,110,114). The number of hydrogen-bond donors (Lipinski definition) is 2. The highest BCUT2D eigenvalue weighted by atomic mass is 28.4. The molecule has 13 aromatic rings. The Bertz CT molecular complexity index is 5920. The molecule has 6 atom stereocenters. The Labute approximate surface area is 762 Å². The predicted octanol–water partition coefficient (Wildman–Crippen LogP) is 24.2. The highest BCUT2D eigenvalue weighted by Crippen LogP contribution is 2.59. The van der Waals surface area contributed by atoms with Gasteiger partial charge in [-0.2, -0.15) is 0 Å². The van der Waals surface area contributed by atoms with Crippen LogP contribution in [-0.4, -0.2) is 118 Å². The summed E-state index contributed by atoms with van der Waals surface area (Å²) in [5.74, 6) is -2.55. The van der Waals surface area contributed by atoms with Crippen molar-refractivity contribution in [3.8, 4) is 46.0 Å². The molecular formula is C108H116N4O16Si2. The molecule has 2 fully saturated rings. The summed E-state index contributed by atoms with van der Waals surface area (Å²) in [6, 6.07) is 61.2. The zero-order chi connectivity index (χ0) is 92.0. The van der Waals surface area contributed by atoms with Gasteiger partial charge in [0.1, 0.15) is 58.1 Å². The number of imide groups is 2. The summed E-state index contributed by atoms with van der Waals surface area (Å²) in [5, 5.41) is 12.2. The number of rotatable bonds is 26. The monoisotopic (exact) mass is 1780 g/mol. The van der Waals surface area contributed by atoms with Crippen LogP contribution in [0, 0.1) is 11.8 Å². The summed E-state index contributed by atoms with van der Waals surface area (Å²) in [6.07, 6.45) is 5.51. The van der Waals surface area contributed by atoms with Crippen molar-refractivity contribution in [3.05, 3.63) is 262 Å². The largest absolute Gasteiger partial charge is 0.500 e. The number of ether oxygens (including phenoxy) is 4. The van der Waals surface area contributed by atoms with Crippen LogP contribution >= 0.6 is 0 Å². The Balaban J connectivity index is 0.970. The lowest BCUT2D eigenvalue weighted by Gasteiger charge is -2.38. The molecular weight excluding hydrogens is 1670 g/mol. The van der Waals surface area contributed by atoms with E-state index in [-0.39, 0.29) is 122 Å². The van der Waals surface area contributed by atoms with Crippen LogP contribution in [0.2, 0.25) is 12.1 Å². The molecule has 0 bridgehead atoms. The van der Waals surface area contributed by atoms with Gasteiger partial charge >= 0.3 is 17.6 Å². The maximum absolute atomic E-state index is 17.4. The van der Waals surface area contributed by atoms with Crippen molar-refractivity contribution >= 4 is 118 Å². The van der Waals surface area contributed by atoms with E-state index in [1.54, 1.807) is 79.1 Å². The van der Waals surface area contributed by atoms with Gasteiger partial charge in [0.05, 0.1) is 22.3 Å². The Morgan fingerprint density at radius 1 is 0.331 bits per heavy atom. The molecule has 6 unspecified atom stereocenters. The van der Waals surface area contributed by atoms with E-state index in [1.165, 1.54) is 0 Å². The topological polar surface area (TPSA) is 225 Å². The third kappa shape index (κ3) is 17.1. The van der Waals surface area contributed by atoms with Gasteiger partial charge in [0.15, 0.2) is 0 Å². The fourth-order valence-electron chi connectivity index (χ4n) is 20.0. The molecule has 0 aromatic heterocycles. The normalized spacial score (nSPS) is 17.6. The molecule has 4 aliphatic rings. The summed E-state index contributed by atoms with van der Waals surface area (Å²) in [7, 11) is 3.38. The second-order valence-corrected chi connectivity index (χ2v) is 45.6. The third-order valence-corrected chi connectivity index (χ3v) is 33.0. The SMILES string of the molecule is CO[Si](CC1CCCC(NC(=O)C(c2ccc3ccccc3c2)N2C(=O)c3cc(Oc4ccc(C(C)(C)C)cc4)c4c5c(Oc6ccc(C(C)(C)C)cc6)cc6c7c(cc(Oc8ccc(C(C)(C)C)cc8)c(c8c(Oc9ccc(C(C)(C)C)cc9)cc(c3c48)C2=O)c75)C(=O)N(C(C(=O)NC2CCCC(C[Si](OC)(OC)OC)C2)c2ccc3ccccc3c2)C6=O)C1)(OC)OC. The quantitative estimate of drug-likeness (QED) is 0.0222. The number of fused-ring (bicyclic) bond motifs is 4. The van der Waals surface area contributed by atoms with Gasteiger partial charge in [-0.05, 0) is 199 Å². The van der Waals surface area contributed by atoms with E-state index in [4.69, 9.17) is 45.5 Å². The molecule has 2 N–H and O–H groups in total. The average Bonchev–Trinajstić information content (AvgIpc) is 0.667. The molecule has 2 aliphatic carbocycles. The van der Waals surface area contributed by atoms with Crippen molar-refractivity contribution in [2.45, 2.75) is 192 Å². The molecule has 22 heteroatoms. The summed E-state index contributed by atoms with van der Waals surface area (Å²) >= 11 is 0. The van der Waals surface area contributed by atoms with Gasteiger partial charge in [-0.25, -0.2) is 0 Å². The fraction of sp³-hybridized carbons (Fsp3) is 0.352. The van der Waals surface area contributed by atoms with Crippen molar-refractivity contribution in [3.63, 3.8) is 0 Å². The van der Waals surface area contributed by atoms with Gasteiger partial charge < -0.3 is 56.1 Å². The molecule has 0 saturated heterocycles. The van der Waals surface area contributed by atoms with Crippen LogP contribution in [0.5, 0.6) is 46.0 Å². The molecule has 0 spiro atoms. The molecule has 130 heavy (non-hydrogen) atoms. The van der Waals surface area contributed by atoms with E-state index in [0.717, 1.165) is 79.3 Å². The van der Waals surface area contributed by atoms with Crippen LogP contribution in [0.4, 0.5) is 0 Å². The summed E-state index contributed by atoms with van der Waals surface area (Å²) in [6.45, 7) is 25.5. The van der Waals surface area contributed by atoms with Crippen LogP contribution in [0.1, 0.15) is 221 Å². The summed E-state index contributed by atoms with van der Waals surface area (Å²) in [5.41, 5.74) is 3.61. The highest BCUT2D eigenvalue weighted by molar-refractivity contribution is 6.61. The van der Waals surface area contributed by atoms with Gasteiger partial charge in [0.2, 0.25) is 11.8 Å². The second kappa shape index (κ2) is 35.2. The van der Waals surface area contributed by atoms with Crippen molar-refractivity contribution in [1.29, 1.82) is 0 Å². The van der Waals surface area contributed by atoms with Crippen molar-refractivity contribution in [1.82, 2.24) is 20.4 Å². The summed E-state index contributed by atoms with van der Waals surface area (Å²) < 4.78 is 66.0. The molecule has 0 radical (unpaired) electrons.